The maximum atomic E-state index is 12.5. The van der Waals surface area contributed by atoms with Crippen molar-refractivity contribution in [1.82, 2.24) is 0 Å². The minimum atomic E-state index is -0.157. The number of carbonyl (C=O) groups is 1. The van der Waals surface area contributed by atoms with E-state index in [0.717, 1.165) is 11.3 Å². The third-order valence-electron chi connectivity index (χ3n) is 3.12. The number of nitrogens with one attached hydrogen (secondary N) is 2. The molecule has 110 valence electrons. The van der Waals surface area contributed by atoms with Crippen molar-refractivity contribution >= 4 is 17.3 Å². The normalized spacial score (nSPS) is 10.0. The quantitative estimate of drug-likeness (QED) is 0.880. The van der Waals surface area contributed by atoms with Gasteiger partial charge in [-0.1, -0.05) is 23.8 Å². The van der Waals surface area contributed by atoms with Crippen LogP contribution >= 0.6 is 0 Å². The molecule has 0 aliphatic rings. The van der Waals surface area contributed by atoms with Crippen molar-refractivity contribution in [3.05, 3.63) is 53.6 Å². The molecule has 0 heterocycles. The third-order valence-corrected chi connectivity index (χ3v) is 3.12. The molecule has 2 aromatic rings. The average Bonchev–Trinajstić information content (AvgIpc) is 2.49. The lowest BCUT2D eigenvalue weighted by Crippen LogP contribution is -2.15. The molecule has 0 atom stereocenters. The largest absolute Gasteiger partial charge is 0.492 e. The fourth-order valence-corrected chi connectivity index (χ4v) is 2.10. The van der Waals surface area contributed by atoms with Gasteiger partial charge in [0.2, 0.25) is 0 Å². The Labute approximate surface area is 125 Å². The highest BCUT2D eigenvalue weighted by molar-refractivity contribution is 6.08. The van der Waals surface area contributed by atoms with Crippen molar-refractivity contribution in [1.29, 1.82) is 0 Å². The fourth-order valence-electron chi connectivity index (χ4n) is 2.10. The summed E-state index contributed by atoms with van der Waals surface area (Å²) in [5.74, 6) is 0.516. The Morgan fingerprint density at radius 1 is 1.14 bits per heavy atom. The molecule has 0 spiro atoms. The van der Waals surface area contributed by atoms with Crippen LogP contribution in [-0.2, 0) is 0 Å². The second kappa shape index (κ2) is 6.79. The first-order chi connectivity index (χ1) is 10.2. The molecule has 4 heteroatoms. The summed E-state index contributed by atoms with van der Waals surface area (Å²) < 4.78 is 5.52. The van der Waals surface area contributed by atoms with Crippen LogP contribution in [0.2, 0.25) is 0 Å². The molecule has 0 aliphatic heterocycles. The zero-order valence-electron chi connectivity index (χ0n) is 12.6. The average molecular weight is 284 g/mol. The molecule has 1 amide bonds. The maximum absolute atomic E-state index is 12.5. The lowest BCUT2D eigenvalue weighted by atomic mass is 10.1. The second-order valence-electron chi connectivity index (χ2n) is 4.68. The molecule has 0 bridgehead atoms. The van der Waals surface area contributed by atoms with E-state index in [9.17, 15) is 4.79 Å². The van der Waals surface area contributed by atoms with E-state index in [-0.39, 0.29) is 5.91 Å². The highest BCUT2D eigenvalue weighted by Gasteiger charge is 2.13. The molecule has 0 fully saturated rings. The van der Waals surface area contributed by atoms with Crippen molar-refractivity contribution in [2.45, 2.75) is 13.8 Å². The number of carbonyl (C=O) groups excluding carboxylic acids is 1. The van der Waals surface area contributed by atoms with Gasteiger partial charge in [0.15, 0.2) is 0 Å². The first-order valence-electron chi connectivity index (χ1n) is 6.97. The van der Waals surface area contributed by atoms with Gasteiger partial charge in [-0.15, -0.1) is 0 Å². The van der Waals surface area contributed by atoms with Crippen LogP contribution in [0.3, 0.4) is 0 Å². The Bertz CT molecular complexity index is 638. The van der Waals surface area contributed by atoms with Crippen LogP contribution < -0.4 is 15.4 Å². The van der Waals surface area contributed by atoms with Gasteiger partial charge in [0.25, 0.3) is 5.91 Å². The first kappa shape index (κ1) is 14.9. The van der Waals surface area contributed by atoms with E-state index in [4.69, 9.17) is 4.74 Å². The Hall–Kier alpha value is -2.49. The zero-order chi connectivity index (χ0) is 15.2. The number of aryl methyl sites for hydroxylation is 1. The lowest BCUT2D eigenvalue weighted by molar-refractivity contribution is 0.102. The molecule has 2 rings (SSSR count). The molecular formula is C17H20N2O2. The predicted molar refractivity (Wildman–Crippen MR) is 86.3 cm³/mol. The summed E-state index contributed by atoms with van der Waals surface area (Å²) in [7, 11) is 1.80. The summed E-state index contributed by atoms with van der Waals surface area (Å²) in [6, 6.07) is 13.2. The van der Waals surface area contributed by atoms with Gasteiger partial charge in [0.05, 0.1) is 17.9 Å². The van der Waals surface area contributed by atoms with Gasteiger partial charge in [-0.3, -0.25) is 4.79 Å². The number of amides is 1. The molecule has 0 unspecified atom stereocenters. The minimum absolute atomic E-state index is 0.157. The van der Waals surface area contributed by atoms with Crippen LogP contribution in [-0.4, -0.2) is 19.6 Å². The van der Waals surface area contributed by atoms with Crippen molar-refractivity contribution in [3.63, 3.8) is 0 Å². The van der Waals surface area contributed by atoms with Crippen molar-refractivity contribution in [3.8, 4) is 5.75 Å². The van der Waals surface area contributed by atoms with E-state index in [0.29, 0.717) is 23.6 Å². The van der Waals surface area contributed by atoms with Gasteiger partial charge in [-0.25, -0.2) is 0 Å². The number of para-hydroxylation sites is 2. The summed E-state index contributed by atoms with van der Waals surface area (Å²) in [6.07, 6.45) is 0. The van der Waals surface area contributed by atoms with E-state index in [2.05, 4.69) is 10.6 Å². The molecule has 0 aromatic heterocycles. The molecule has 2 aromatic carbocycles. The van der Waals surface area contributed by atoms with Gasteiger partial charge in [0, 0.05) is 12.7 Å². The molecule has 0 saturated carbocycles. The Balaban J connectivity index is 2.28. The Morgan fingerprint density at radius 3 is 2.62 bits per heavy atom. The van der Waals surface area contributed by atoms with Gasteiger partial charge in [-0.05, 0) is 38.1 Å². The molecule has 0 saturated heterocycles. The third kappa shape index (κ3) is 3.54. The van der Waals surface area contributed by atoms with Gasteiger partial charge < -0.3 is 15.4 Å². The highest BCUT2D eigenvalue weighted by atomic mass is 16.5. The van der Waals surface area contributed by atoms with Crippen molar-refractivity contribution < 1.29 is 9.53 Å². The molecular weight excluding hydrogens is 264 g/mol. The minimum Gasteiger partial charge on any atom is -0.492 e. The maximum Gasteiger partial charge on any atom is 0.257 e. The van der Waals surface area contributed by atoms with E-state index >= 15 is 0 Å². The Morgan fingerprint density at radius 2 is 1.90 bits per heavy atom. The smallest absolute Gasteiger partial charge is 0.257 e. The summed E-state index contributed by atoms with van der Waals surface area (Å²) in [5.41, 5.74) is 3.13. The number of hydrogen-bond donors (Lipinski definition) is 2. The van der Waals surface area contributed by atoms with Crippen molar-refractivity contribution in [2.75, 3.05) is 24.3 Å². The molecule has 21 heavy (non-hydrogen) atoms. The molecule has 0 radical (unpaired) electrons. The van der Waals surface area contributed by atoms with Crippen molar-refractivity contribution in [2.24, 2.45) is 0 Å². The predicted octanol–water partition coefficient (Wildman–Crippen LogP) is 3.69. The van der Waals surface area contributed by atoms with Crippen LogP contribution in [0.5, 0.6) is 5.75 Å². The fraction of sp³-hybridized carbons (Fsp3) is 0.235. The van der Waals surface area contributed by atoms with Gasteiger partial charge in [0.1, 0.15) is 5.75 Å². The SMILES string of the molecule is CCOc1ccccc1NC(=O)c1cc(C)ccc1NC. The second-order valence-corrected chi connectivity index (χ2v) is 4.68. The van der Waals surface area contributed by atoms with E-state index in [1.165, 1.54) is 0 Å². The molecule has 4 nitrogen and oxygen atoms in total. The summed E-state index contributed by atoms with van der Waals surface area (Å²) in [5, 5.41) is 5.95. The standard InChI is InChI=1S/C17H20N2O2/c1-4-21-16-8-6-5-7-15(16)19-17(20)13-11-12(2)9-10-14(13)18-3/h5-11,18H,4H2,1-3H3,(H,19,20). The number of hydrogen-bond acceptors (Lipinski definition) is 3. The first-order valence-corrected chi connectivity index (χ1v) is 6.97. The highest BCUT2D eigenvalue weighted by Crippen LogP contribution is 2.25. The number of anilines is 2. The number of benzene rings is 2. The van der Waals surface area contributed by atoms with Gasteiger partial charge >= 0.3 is 0 Å². The topological polar surface area (TPSA) is 50.4 Å². The number of rotatable bonds is 5. The van der Waals surface area contributed by atoms with Crippen LogP contribution in [0.4, 0.5) is 11.4 Å². The summed E-state index contributed by atoms with van der Waals surface area (Å²) in [6.45, 7) is 4.43. The van der Waals surface area contributed by atoms with Crippen LogP contribution in [0.1, 0.15) is 22.8 Å². The molecule has 2 N–H and O–H groups in total. The van der Waals surface area contributed by atoms with E-state index < -0.39 is 0 Å². The number of ether oxygens (including phenoxy) is 1. The lowest BCUT2D eigenvalue weighted by Gasteiger charge is -2.13. The summed E-state index contributed by atoms with van der Waals surface area (Å²) in [4.78, 5) is 12.5. The summed E-state index contributed by atoms with van der Waals surface area (Å²) >= 11 is 0. The zero-order valence-corrected chi connectivity index (χ0v) is 12.6. The van der Waals surface area contributed by atoms with Crippen LogP contribution in [0.25, 0.3) is 0 Å². The van der Waals surface area contributed by atoms with Gasteiger partial charge in [-0.2, -0.15) is 0 Å². The van der Waals surface area contributed by atoms with Crippen LogP contribution in [0.15, 0.2) is 42.5 Å². The monoisotopic (exact) mass is 284 g/mol. The van der Waals surface area contributed by atoms with E-state index in [1.807, 2.05) is 56.3 Å². The van der Waals surface area contributed by atoms with Crippen LogP contribution in [0, 0.1) is 6.92 Å². The Kier molecular flexibility index (Phi) is 4.82. The van der Waals surface area contributed by atoms with E-state index in [1.54, 1.807) is 7.05 Å². The molecule has 0 aliphatic carbocycles.